The second-order valence-electron chi connectivity index (χ2n) is 7.76. The molecule has 0 radical (unpaired) electrons. The Balaban J connectivity index is 1.44. The van der Waals surface area contributed by atoms with Crippen LogP contribution in [0, 0.1) is 5.92 Å². The molecule has 1 saturated carbocycles. The van der Waals surface area contributed by atoms with E-state index in [-0.39, 0.29) is 30.3 Å². The number of nitrogens with one attached hydrogen (secondary N) is 1. The van der Waals surface area contributed by atoms with E-state index in [0.717, 1.165) is 12.8 Å². The van der Waals surface area contributed by atoms with Crippen LogP contribution in [0.3, 0.4) is 0 Å². The van der Waals surface area contributed by atoms with Crippen molar-refractivity contribution in [2.75, 3.05) is 13.2 Å². The Morgan fingerprint density at radius 2 is 1.97 bits per heavy atom. The lowest BCUT2D eigenvalue weighted by Crippen LogP contribution is -2.40. The number of rotatable bonds is 10. The lowest BCUT2D eigenvalue weighted by Gasteiger charge is -2.35. The molecule has 7 heteroatoms. The first-order valence-electron chi connectivity index (χ1n) is 10.2. The van der Waals surface area contributed by atoms with Crippen molar-refractivity contribution in [3.63, 3.8) is 0 Å². The van der Waals surface area contributed by atoms with Crippen LogP contribution >= 0.6 is 11.6 Å². The Hall–Kier alpha value is -2.44. The van der Waals surface area contributed by atoms with Crippen LogP contribution in [0.5, 0.6) is 5.88 Å². The number of nitrogens with zero attached hydrogens (tertiary/aromatic N) is 1. The van der Waals surface area contributed by atoms with Crippen molar-refractivity contribution in [3.8, 4) is 5.88 Å². The van der Waals surface area contributed by atoms with E-state index in [2.05, 4.69) is 10.3 Å². The van der Waals surface area contributed by atoms with Gasteiger partial charge in [0.1, 0.15) is 5.02 Å². The summed E-state index contributed by atoms with van der Waals surface area (Å²) in [6, 6.07) is 10.9. The molecule has 1 atom stereocenters. The van der Waals surface area contributed by atoms with Crippen molar-refractivity contribution in [1.29, 1.82) is 0 Å². The second kappa shape index (κ2) is 10.5. The molecule has 1 aromatic carbocycles. The minimum Gasteiger partial charge on any atom is -0.476 e. The maximum atomic E-state index is 12.4. The molecule has 1 heterocycles. The highest BCUT2D eigenvalue weighted by atomic mass is 35.5. The van der Waals surface area contributed by atoms with E-state index in [1.54, 1.807) is 24.4 Å². The molecule has 1 aliphatic carbocycles. The van der Waals surface area contributed by atoms with Gasteiger partial charge in [-0.25, -0.2) is 4.98 Å². The van der Waals surface area contributed by atoms with Crippen molar-refractivity contribution < 1.29 is 19.1 Å². The van der Waals surface area contributed by atoms with E-state index in [9.17, 15) is 9.59 Å². The van der Waals surface area contributed by atoms with Gasteiger partial charge in [-0.2, -0.15) is 0 Å². The van der Waals surface area contributed by atoms with Crippen molar-refractivity contribution in [1.82, 2.24) is 10.3 Å². The molecule has 0 aliphatic heterocycles. The van der Waals surface area contributed by atoms with Gasteiger partial charge in [0.25, 0.3) is 0 Å². The number of hydrogen-bond donors (Lipinski definition) is 1. The maximum Gasteiger partial charge on any atom is 0.232 e. The molecular formula is C23H27ClN2O4. The first-order valence-corrected chi connectivity index (χ1v) is 10.5. The molecule has 30 heavy (non-hydrogen) atoms. The van der Waals surface area contributed by atoms with E-state index in [0.29, 0.717) is 41.2 Å². The Bertz CT molecular complexity index is 869. The van der Waals surface area contributed by atoms with Gasteiger partial charge in [0.15, 0.2) is 5.78 Å². The lowest BCUT2D eigenvalue weighted by molar-refractivity contribution is -0.120. The molecular weight excluding hydrogens is 404 g/mol. The Kier molecular flexibility index (Phi) is 7.82. The number of ketones is 1. The summed E-state index contributed by atoms with van der Waals surface area (Å²) in [7, 11) is 0. The average molecular weight is 431 g/mol. The third-order valence-corrected chi connectivity index (χ3v) is 5.47. The number of ether oxygens (including phenoxy) is 2. The summed E-state index contributed by atoms with van der Waals surface area (Å²) >= 11 is 6.44. The molecule has 2 aromatic rings. The maximum absolute atomic E-state index is 12.4. The van der Waals surface area contributed by atoms with E-state index in [1.165, 1.54) is 6.92 Å². The molecule has 0 spiro atoms. The first kappa shape index (κ1) is 22.2. The monoisotopic (exact) mass is 430 g/mol. The SMILES string of the molecule is CC(=O)N[C@@H](C)COC1CC(COc2nccc(CC(=O)c3ccccc3)c2Cl)C1. The number of carbonyl (C=O) groups is 2. The summed E-state index contributed by atoms with van der Waals surface area (Å²) in [5, 5.41) is 3.19. The molecule has 0 unspecified atom stereocenters. The summed E-state index contributed by atoms with van der Waals surface area (Å²) in [5.74, 6) is 0.683. The average Bonchev–Trinajstić information content (AvgIpc) is 2.69. The molecule has 1 amide bonds. The van der Waals surface area contributed by atoms with Crippen LogP contribution in [0.4, 0.5) is 0 Å². The summed E-state index contributed by atoms with van der Waals surface area (Å²) in [5.41, 5.74) is 1.36. The smallest absolute Gasteiger partial charge is 0.232 e. The highest BCUT2D eigenvalue weighted by Gasteiger charge is 2.31. The van der Waals surface area contributed by atoms with Crippen LogP contribution in [-0.2, 0) is 16.0 Å². The zero-order chi connectivity index (χ0) is 21.5. The molecule has 1 fully saturated rings. The van der Waals surface area contributed by atoms with Crippen molar-refractivity contribution >= 4 is 23.3 Å². The number of aromatic nitrogens is 1. The standard InChI is InChI=1S/C23H27ClN2O4/c1-15(26-16(2)27)13-29-20-10-17(11-20)14-30-23-22(24)19(8-9-25-23)12-21(28)18-6-4-3-5-7-18/h3-9,15,17,20H,10-14H2,1-2H3,(H,26,27)/t15-,17?,20?/m0/s1. The molecule has 3 rings (SSSR count). The molecule has 0 bridgehead atoms. The van der Waals surface area contributed by atoms with E-state index in [4.69, 9.17) is 21.1 Å². The highest BCUT2D eigenvalue weighted by molar-refractivity contribution is 6.32. The largest absolute Gasteiger partial charge is 0.476 e. The highest BCUT2D eigenvalue weighted by Crippen LogP contribution is 2.32. The number of amides is 1. The van der Waals surface area contributed by atoms with Crippen LogP contribution < -0.4 is 10.1 Å². The predicted octanol–water partition coefficient (Wildman–Crippen LogP) is 3.86. The fourth-order valence-electron chi connectivity index (χ4n) is 3.41. The van der Waals surface area contributed by atoms with Gasteiger partial charge in [-0.15, -0.1) is 0 Å². The van der Waals surface area contributed by atoms with Crippen LogP contribution in [-0.4, -0.2) is 42.0 Å². The number of Topliss-reactive ketones (excluding diaryl/α,β-unsaturated/α-hetero) is 1. The van der Waals surface area contributed by atoms with Gasteiger partial charge in [0.05, 0.1) is 19.3 Å². The van der Waals surface area contributed by atoms with Gasteiger partial charge in [0.2, 0.25) is 11.8 Å². The number of hydrogen-bond acceptors (Lipinski definition) is 5. The lowest BCUT2D eigenvalue weighted by atomic mass is 9.83. The minimum absolute atomic E-state index is 0.00197. The summed E-state index contributed by atoms with van der Waals surface area (Å²) in [4.78, 5) is 27.7. The van der Waals surface area contributed by atoms with Crippen molar-refractivity contribution in [3.05, 3.63) is 58.7 Å². The third kappa shape index (κ3) is 6.28. The molecule has 0 saturated heterocycles. The second-order valence-corrected chi connectivity index (χ2v) is 8.14. The molecule has 1 N–H and O–H groups in total. The third-order valence-electron chi connectivity index (χ3n) is 5.06. The number of carbonyl (C=O) groups excluding carboxylic acids is 2. The van der Waals surface area contributed by atoms with Crippen LogP contribution in [0.2, 0.25) is 5.02 Å². The minimum atomic E-state index is -0.0527. The van der Waals surface area contributed by atoms with Gasteiger partial charge in [0, 0.05) is 31.1 Å². The summed E-state index contributed by atoms with van der Waals surface area (Å²) < 4.78 is 11.6. The first-order chi connectivity index (χ1) is 14.4. The van der Waals surface area contributed by atoms with Gasteiger partial charge in [-0.1, -0.05) is 41.9 Å². The predicted molar refractivity (Wildman–Crippen MR) is 115 cm³/mol. The van der Waals surface area contributed by atoms with Crippen LogP contribution in [0.1, 0.15) is 42.6 Å². The fourth-order valence-corrected chi connectivity index (χ4v) is 3.64. The van der Waals surface area contributed by atoms with Crippen molar-refractivity contribution in [2.24, 2.45) is 5.92 Å². The summed E-state index contributed by atoms with van der Waals surface area (Å²) in [6.45, 7) is 4.43. The molecule has 1 aromatic heterocycles. The molecule has 6 nitrogen and oxygen atoms in total. The number of halogens is 1. The number of benzene rings is 1. The fraction of sp³-hybridized carbons (Fsp3) is 0.435. The van der Waals surface area contributed by atoms with Gasteiger partial charge < -0.3 is 14.8 Å². The Morgan fingerprint density at radius 1 is 1.23 bits per heavy atom. The Morgan fingerprint density at radius 3 is 2.67 bits per heavy atom. The van der Waals surface area contributed by atoms with E-state index < -0.39 is 0 Å². The van der Waals surface area contributed by atoms with E-state index >= 15 is 0 Å². The molecule has 160 valence electrons. The van der Waals surface area contributed by atoms with Gasteiger partial charge >= 0.3 is 0 Å². The summed E-state index contributed by atoms with van der Waals surface area (Å²) in [6.07, 6.45) is 3.80. The van der Waals surface area contributed by atoms with Gasteiger partial charge in [-0.05, 0) is 37.3 Å². The normalized spacial score (nSPS) is 18.9. The van der Waals surface area contributed by atoms with E-state index in [1.807, 2.05) is 25.1 Å². The Labute approximate surface area is 181 Å². The van der Waals surface area contributed by atoms with Crippen LogP contribution in [0.15, 0.2) is 42.6 Å². The van der Waals surface area contributed by atoms with Gasteiger partial charge in [-0.3, -0.25) is 9.59 Å². The quantitative estimate of drug-likeness (QED) is 0.579. The molecule has 1 aliphatic rings. The topological polar surface area (TPSA) is 77.5 Å². The van der Waals surface area contributed by atoms with Crippen molar-refractivity contribution in [2.45, 2.75) is 45.3 Å². The zero-order valence-electron chi connectivity index (χ0n) is 17.3. The zero-order valence-corrected chi connectivity index (χ0v) is 18.0. The van der Waals surface area contributed by atoms with Crippen LogP contribution in [0.25, 0.3) is 0 Å². The number of pyridine rings is 1.